The van der Waals surface area contributed by atoms with E-state index in [1.165, 1.54) is 12.2 Å². The molecule has 0 bridgehead atoms. The molecule has 1 unspecified atom stereocenters. The zero-order valence-electron chi connectivity index (χ0n) is 16.1. The van der Waals surface area contributed by atoms with Crippen LogP contribution in [0.3, 0.4) is 0 Å². The summed E-state index contributed by atoms with van der Waals surface area (Å²) in [6.45, 7) is 2.48. The number of carbonyl (C=O) groups is 2. The standard InChI is InChI=1S/C21H24N2O5S/c1-2-28-20(24)10-8-18(13-17-11-12-22-21(17)25)23-29(26,27)19-9-7-15-5-3-4-6-16(15)14-19/h3-10,14,17-18,23H,2,11-13H2,1H3,(H,22,25)/b10-8+/t17?,18-/m1/s1. The largest absolute Gasteiger partial charge is 0.463 e. The zero-order chi connectivity index (χ0) is 20.9. The summed E-state index contributed by atoms with van der Waals surface area (Å²) in [5.41, 5.74) is 0. The van der Waals surface area contributed by atoms with Gasteiger partial charge in [-0.15, -0.1) is 0 Å². The van der Waals surface area contributed by atoms with Gasteiger partial charge in [-0.25, -0.2) is 17.9 Å². The van der Waals surface area contributed by atoms with E-state index in [9.17, 15) is 18.0 Å². The lowest BCUT2D eigenvalue weighted by Crippen LogP contribution is -2.36. The minimum Gasteiger partial charge on any atom is -0.463 e. The molecule has 1 aliphatic heterocycles. The topological polar surface area (TPSA) is 102 Å². The van der Waals surface area contributed by atoms with Gasteiger partial charge in [0, 0.05) is 24.6 Å². The van der Waals surface area contributed by atoms with E-state index in [1.54, 1.807) is 25.1 Å². The SMILES string of the molecule is CCOC(=O)/C=C/[C@H](CC1CCNC1=O)NS(=O)(=O)c1ccc2ccccc2c1. The van der Waals surface area contributed by atoms with E-state index in [1.807, 2.05) is 24.3 Å². The minimum absolute atomic E-state index is 0.107. The van der Waals surface area contributed by atoms with Gasteiger partial charge in [0.25, 0.3) is 0 Å². The molecule has 1 aliphatic rings. The van der Waals surface area contributed by atoms with E-state index in [0.29, 0.717) is 13.0 Å². The van der Waals surface area contributed by atoms with Crippen molar-refractivity contribution in [3.63, 3.8) is 0 Å². The van der Waals surface area contributed by atoms with E-state index in [4.69, 9.17) is 4.74 Å². The molecule has 2 N–H and O–H groups in total. The van der Waals surface area contributed by atoms with E-state index in [-0.39, 0.29) is 29.7 Å². The molecule has 0 aliphatic carbocycles. The second kappa shape index (κ2) is 9.19. The van der Waals surface area contributed by atoms with Crippen molar-refractivity contribution in [1.82, 2.24) is 10.0 Å². The molecule has 0 radical (unpaired) electrons. The molecule has 1 saturated heterocycles. The van der Waals surface area contributed by atoms with Crippen molar-refractivity contribution in [2.24, 2.45) is 5.92 Å². The van der Waals surface area contributed by atoms with Gasteiger partial charge in [0.05, 0.1) is 11.5 Å². The average Bonchev–Trinajstić information content (AvgIpc) is 3.10. The normalized spacial score (nSPS) is 18.1. The van der Waals surface area contributed by atoms with Gasteiger partial charge in [0.2, 0.25) is 15.9 Å². The Morgan fingerprint density at radius 3 is 2.72 bits per heavy atom. The molecule has 0 spiro atoms. The third kappa shape index (κ3) is 5.42. The first-order valence-corrected chi connectivity index (χ1v) is 11.0. The van der Waals surface area contributed by atoms with Crippen LogP contribution < -0.4 is 10.0 Å². The molecule has 2 aromatic rings. The smallest absolute Gasteiger partial charge is 0.330 e. The Morgan fingerprint density at radius 2 is 2.03 bits per heavy atom. The van der Waals surface area contributed by atoms with Crippen molar-refractivity contribution in [2.75, 3.05) is 13.2 Å². The van der Waals surface area contributed by atoms with Gasteiger partial charge in [-0.2, -0.15) is 0 Å². The van der Waals surface area contributed by atoms with Crippen LogP contribution in [0.25, 0.3) is 10.8 Å². The molecule has 2 aromatic carbocycles. The highest BCUT2D eigenvalue weighted by Gasteiger charge is 2.28. The van der Waals surface area contributed by atoms with Crippen molar-refractivity contribution < 1.29 is 22.7 Å². The second-order valence-electron chi connectivity index (χ2n) is 6.86. The average molecular weight is 416 g/mol. The van der Waals surface area contributed by atoms with Crippen LogP contribution >= 0.6 is 0 Å². The number of sulfonamides is 1. The first-order chi connectivity index (χ1) is 13.9. The van der Waals surface area contributed by atoms with Gasteiger partial charge < -0.3 is 10.1 Å². The van der Waals surface area contributed by atoms with Crippen LogP contribution in [0.15, 0.2) is 59.5 Å². The van der Waals surface area contributed by atoms with Crippen molar-refractivity contribution in [3.8, 4) is 0 Å². The number of hydrogen-bond donors (Lipinski definition) is 2. The van der Waals surface area contributed by atoms with Gasteiger partial charge in [-0.3, -0.25) is 4.79 Å². The van der Waals surface area contributed by atoms with Gasteiger partial charge in [0.1, 0.15) is 0 Å². The summed E-state index contributed by atoms with van der Waals surface area (Å²) in [6, 6.07) is 11.7. The number of hydrogen-bond acceptors (Lipinski definition) is 5. The molecule has 1 amide bonds. The van der Waals surface area contributed by atoms with Gasteiger partial charge in [-0.1, -0.05) is 36.4 Å². The maximum Gasteiger partial charge on any atom is 0.330 e. The predicted molar refractivity (Wildman–Crippen MR) is 110 cm³/mol. The molecule has 0 saturated carbocycles. The molecular weight excluding hydrogens is 392 g/mol. The first-order valence-electron chi connectivity index (χ1n) is 9.53. The molecule has 0 aromatic heterocycles. The third-order valence-corrected chi connectivity index (χ3v) is 6.28. The van der Waals surface area contributed by atoms with Crippen molar-refractivity contribution >= 4 is 32.7 Å². The summed E-state index contributed by atoms with van der Waals surface area (Å²) in [5, 5.41) is 4.49. The number of esters is 1. The van der Waals surface area contributed by atoms with Crippen LogP contribution in [0.1, 0.15) is 19.8 Å². The summed E-state index contributed by atoms with van der Waals surface area (Å²) in [5.74, 6) is -0.978. The summed E-state index contributed by atoms with van der Waals surface area (Å²) in [7, 11) is -3.86. The van der Waals surface area contributed by atoms with Crippen LogP contribution in [0.4, 0.5) is 0 Å². The maximum atomic E-state index is 13.0. The first kappa shape index (κ1) is 21.0. The molecular formula is C21H24N2O5S. The number of carbonyl (C=O) groups excluding carboxylic acids is 2. The highest BCUT2D eigenvalue weighted by molar-refractivity contribution is 7.89. The van der Waals surface area contributed by atoms with Crippen molar-refractivity contribution in [3.05, 3.63) is 54.6 Å². The third-order valence-electron chi connectivity index (χ3n) is 4.79. The Kier molecular flexibility index (Phi) is 6.66. The molecule has 1 heterocycles. The van der Waals surface area contributed by atoms with E-state index in [0.717, 1.165) is 10.8 Å². The Bertz CT molecular complexity index is 1030. The van der Waals surface area contributed by atoms with Gasteiger partial charge in [0.15, 0.2) is 0 Å². The highest BCUT2D eigenvalue weighted by Crippen LogP contribution is 2.21. The summed E-state index contributed by atoms with van der Waals surface area (Å²) in [4.78, 5) is 23.7. The Balaban J connectivity index is 1.83. The van der Waals surface area contributed by atoms with E-state index >= 15 is 0 Å². The van der Waals surface area contributed by atoms with Crippen LogP contribution in [0.5, 0.6) is 0 Å². The van der Waals surface area contributed by atoms with Gasteiger partial charge >= 0.3 is 5.97 Å². The van der Waals surface area contributed by atoms with Crippen LogP contribution in [-0.4, -0.2) is 39.5 Å². The molecule has 8 heteroatoms. The predicted octanol–water partition coefficient (Wildman–Crippen LogP) is 2.13. The maximum absolute atomic E-state index is 13.0. The van der Waals surface area contributed by atoms with E-state index < -0.39 is 22.0 Å². The van der Waals surface area contributed by atoms with Crippen molar-refractivity contribution in [1.29, 1.82) is 0 Å². The number of fused-ring (bicyclic) bond motifs is 1. The Labute approximate surface area is 170 Å². The van der Waals surface area contributed by atoms with Crippen LogP contribution in [-0.2, 0) is 24.3 Å². The Morgan fingerprint density at radius 1 is 1.28 bits per heavy atom. The summed E-state index contributed by atoms with van der Waals surface area (Å²) in [6.07, 6.45) is 3.53. The monoisotopic (exact) mass is 416 g/mol. The molecule has 3 rings (SSSR count). The molecule has 7 nitrogen and oxygen atoms in total. The quantitative estimate of drug-likeness (QED) is 0.507. The fourth-order valence-corrected chi connectivity index (χ4v) is 4.57. The fraction of sp³-hybridized carbons (Fsp3) is 0.333. The fourth-order valence-electron chi connectivity index (χ4n) is 3.33. The highest BCUT2D eigenvalue weighted by atomic mass is 32.2. The zero-order valence-corrected chi connectivity index (χ0v) is 16.9. The second-order valence-corrected chi connectivity index (χ2v) is 8.57. The molecule has 2 atom stereocenters. The van der Waals surface area contributed by atoms with E-state index in [2.05, 4.69) is 10.0 Å². The molecule has 1 fully saturated rings. The lowest BCUT2D eigenvalue weighted by Gasteiger charge is -2.18. The summed E-state index contributed by atoms with van der Waals surface area (Å²) < 4.78 is 33.4. The minimum atomic E-state index is -3.86. The molecule has 29 heavy (non-hydrogen) atoms. The lowest BCUT2D eigenvalue weighted by atomic mass is 9.99. The number of amides is 1. The van der Waals surface area contributed by atoms with Gasteiger partial charge in [-0.05, 0) is 42.7 Å². The lowest BCUT2D eigenvalue weighted by molar-refractivity contribution is -0.137. The number of nitrogens with one attached hydrogen (secondary N) is 2. The number of rotatable bonds is 8. The Hall–Kier alpha value is -2.71. The molecule has 154 valence electrons. The number of benzene rings is 2. The van der Waals surface area contributed by atoms with Crippen LogP contribution in [0, 0.1) is 5.92 Å². The number of ether oxygens (including phenoxy) is 1. The van der Waals surface area contributed by atoms with Crippen molar-refractivity contribution in [2.45, 2.75) is 30.7 Å². The summed E-state index contributed by atoms with van der Waals surface area (Å²) >= 11 is 0. The van der Waals surface area contributed by atoms with Crippen LogP contribution in [0.2, 0.25) is 0 Å².